The van der Waals surface area contributed by atoms with E-state index in [-0.39, 0.29) is 17.3 Å². The first kappa shape index (κ1) is 9.45. The molecule has 0 saturated carbocycles. The Labute approximate surface area is 86.5 Å². The fraction of sp³-hybridized carbons (Fsp3) is 0.0909. The molecule has 0 aliphatic heterocycles. The van der Waals surface area contributed by atoms with Crippen molar-refractivity contribution in [3.05, 3.63) is 41.5 Å². The summed E-state index contributed by atoms with van der Waals surface area (Å²) < 4.78 is 0. The lowest BCUT2D eigenvalue weighted by Gasteiger charge is -2.13. The molecule has 76 valence electrons. The van der Waals surface area contributed by atoms with E-state index in [0.717, 1.165) is 6.08 Å². The Hall–Kier alpha value is -2.10. The highest BCUT2D eigenvalue weighted by Crippen LogP contribution is 2.23. The number of hydrogen-bond donors (Lipinski definition) is 1. The zero-order valence-corrected chi connectivity index (χ0v) is 8.10. The lowest BCUT2D eigenvalue weighted by Crippen LogP contribution is -2.20. The molecule has 1 aliphatic carbocycles. The number of rotatable bonds is 1. The second-order valence-corrected chi connectivity index (χ2v) is 3.06. The van der Waals surface area contributed by atoms with Crippen LogP contribution in [0.15, 0.2) is 35.5 Å². The molecule has 4 heteroatoms. The molecule has 0 fully saturated rings. The van der Waals surface area contributed by atoms with Gasteiger partial charge in [0, 0.05) is 17.2 Å². The summed E-state index contributed by atoms with van der Waals surface area (Å²) in [5, 5.41) is 13.2. The number of ketones is 1. The largest absolute Gasteiger partial charge is 0.507 e. The normalized spacial score (nSPS) is 17.3. The van der Waals surface area contributed by atoms with Gasteiger partial charge in [0.15, 0.2) is 5.71 Å². The van der Waals surface area contributed by atoms with Gasteiger partial charge in [0.2, 0.25) is 5.78 Å². The van der Waals surface area contributed by atoms with E-state index in [0.29, 0.717) is 11.1 Å². The van der Waals surface area contributed by atoms with Gasteiger partial charge in [-0.3, -0.25) is 4.79 Å². The third kappa shape index (κ3) is 1.50. The van der Waals surface area contributed by atoms with Crippen molar-refractivity contribution in [3.8, 4) is 0 Å². The average molecular weight is 203 g/mol. The number of carbonyl (C=O) groups is 1. The van der Waals surface area contributed by atoms with E-state index in [1.54, 1.807) is 24.3 Å². The van der Waals surface area contributed by atoms with Crippen LogP contribution in [0.4, 0.5) is 0 Å². The molecule has 0 radical (unpaired) electrons. The Kier molecular flexibility index (Phi) is 2.25. The molecular formula is C11H9NO3. The summed E-state index contributed by atoms with van der Waals surface area (Å²) in [7, 11) is 1.38. The van der Waals surface area contributed by atoms with Crippen LogP contribution in [-0.4, -0.2) is 23.7 Å². The van der Waals surface area contributed by atoms with Crippen LogP contribution in [0.25, 0.3) is 5.76 Å². The minimum absolute atomic E-state index is 0.0364. The Morgan fingerprint density at radius 3 is 2.60 bits per heavy atom. The number of nitrogens with zero attached hydrogens (tertiary/aromatic N) is 1. The van der Waals surface area contributed by atoms with Crippen LogP contribution in [0, 0.1) is 0 Å². The molecule has 0 atom stereocenters. The second kappa shape index (κ2) is 3.57. The molecule has 1 N–H and O–H groups in total. The Morgan fingerprint density at radius 2 is 1.93 bits per heavy atom. The molecule has 4 nitrogen and oxygen atoms in total. The number of allylic oxidation sites excluding steroid dienone is 1. The molecule has 1 aliphatic rings. The van der Waals surface area contributed by atoms with Crippen molar-refractivity contribution in [2.45, 2.75) is 0 Å². The van der Waals surface area contributed by atoms with E-state index in [2.05, 4.69) is 9.99 Å². The van der Waals surface area contributed by atoms with Crippen LogP contribution in [-0.2, 0) is 9.63 Å². The maximum Gasteiger partial charge on any atom is 0.211 e. The summed E-state index contributed by atoms with van der Waals surface area (Å²) in [6.45, 7) is 0. The highest BCUT2D eigenvalue weighted by Gasteiger charge is 2.23. The molecule has 0 spiro atoms. The summed E-state index contributed by atoms with van der Waals surface area (Å²) in [5.74, 6) is -0.390. The molecule has 0 heterocycles. The van der Waals surface area contributed by atoms with Crippen molar-refractivity contribution in [1.29, 1.82) is 0 Å². The van der Waals surface area contributed by atoms with E-state index in [1.807, 2.05) is 0 Å². The van der Waals surface area contributed by atoms with Gasteiger partial charge in [0.05, 0.1) is 0 Å². The number of hydrogen-bond acceptors (Lipinski definition) is 4. The van der Waals surface area contributed by atoms with E-state index in [1.165, 1.54) is 7.11 Å². The fourth-order valence-corrected chi connectivity index (χ4v) is 1.50. The Bertz CT molecular complexity index is 474. The van der Waals surface area contributed by atoms with Gasteiger partial charge in [-0.1, -0.05) is 29.4 Å². The third-order valence-corrected chi connectivity index (χ3v) is 2.14. The Balaban J connectivity index is 2.65. The van der Waals surface area contributed by atoms with E-state index in [9.17, 15) is 9.90 Å². The van der Waals surface area contributed by atoms with Crippen molar-refractivity contribution in [2.24, 2.45) is 5.16 Å². The summed E-state index contributed by atoms with van der Waals surface area (Å²) in [4.78, 5) is 16.1. The minimum atomic E-state index is -0.354. The molecule has 1 aromatic rings. The molecule has 1 aromatic carbocycles. The van der Waals surface area contributed by atoms with Gasteiger partial charge in [-0.2, -0.15) is 0 Å². The number of benzene rings is 1. The van der Waals surface area contributed by atoms with Crippen LogP contribution in [0.1, 0.15) is 11.1 Å². The molecule has 15 heavy (non-hydrogen) atoms. The summed E-state index contributed by atoms with van der Waals surface area (Å²) in [5.41, 5.74) is 1.39. The summed E-state index contributed by atoms with van der Waals surface area (Å²) in [6.07, 6.45) is 1.14. The van der Waals surface area contributed by atoms with E-state index in [4.69, 9.17) is 0 Å². The van der Waals surface area contributed by atoms with Crippen molar-refractivity contribution < 1.29 is 14.7 Å². The maximum absolute atomic E-state index is 11.5. The standard InChI is InChI=1S/C11H9NO3/c1-15-12-11-8-5-3-2-4-7(8)9(13)6-10(11)14/h2-6,13H,1H3/b12-11+. The third-order valence-electron chi connectivity index (χ3n) is 2.14. The van der Waals surface area contributed by atoms with Gasteiger partial charge in [-0.05, 0) is 0 Å². The van der Waals surface area contributed by atoms with Crippen molar-refractivity contribution in [1.82, 2.24) is 0 Å². The van der Waals surface area contributed by atoms with Crippen LogP contribution >= 0.6 is 0 Å². The quantitative estimate of drug-likeness (QED) is 0.704. The highest BCUT2D eigenvalue weighted by atomic mass is 16.6. The first-order valence-corrected chi connectivity index (χ1v) is 4.40. The van der Waals surface area contributed by atoms with Crippen LogP contribution in [0.3, 0.4) is 0 Å². The lowest BCUT2D eigenvalue weighted by molar-refractivity contribution is -0.109. The number of oxime groups is 1. The topological polar surface area (TPSA) is 58.9 Å². The number of fused-ring (bicyclic) bond motifs is 1. The predicted molar refractivity (Wildman–Crippen MR) is 55.6 cm³/mol. The molecule has 0 bridgehead atoms. The monoisotopic (exact) mass is 203 g/mol. The Morgan fingerprint density at radius 1 is 1.27 bits per heavy atom. The summed E-state index contributed by atoms with van der Waals surface area (Å²) >= 11 is 0. The van der Waals surface area contributed by atoms with Crippen LogP contribution in [0.5, 0.6) is 0 Å². The SMILES string of the molecule is CO/N=C1/C(=O)C=C(O)c2ccccc21. The van der Waals surface area contributed by atoms with Crippen LogP contribution < -0.4 is 0 Å². The van der Waals surface area contributed by atoms with Crippen molar-refractivity contribution >= 4 is 17.3 Å². The zero-order valence-electron chi connectivity index (χ0n) is 8.10. The van der Waals surface area contributed by atoms with Crippen LogP contribution in [0.2, 0.25) is 0 Å². The number of aliphatic hydroxyl groups is 1. The van der Waals surface area contributed by atoms with Gasteiger partial charge in [-0.25, -0.2) is 0 Å². The van der Waals surface area contributed by atoms with E-state index >= 15 is 0 Å². The highest BCUT2D eigenvalue weighted by molar-refractivity contribution is 6.52. The summed E-state index contributed by atoms with van der Waals surface area (Å²) in [6, 6.07) is 6.99. The zero-order chi connectivity index (χ0) is 10.8. The van der Waals surface area contributed by atoms with Crippen molar-refractivity contribution in [3.63, 3.8) is 0 Å². The molecular weight excluding hydrogens is 194 g/mol. The predicted octanol–water partition coefficient (Wildman–Crippen LogP) is 1.52. The first-order chi connectivity index (χ1) is 7.24. The molecule has 2 rings (SSSR count). The lowest BCUT2D eigenvalue weighted by atomic mass is 9.93. The average Bonchev–Trinajstić information content (AvgIpc) is 2.24. The fourth-order valence-electron chi connectivity index (χ4n) is 1.50. The molecule has 0 aromatic heterocycles. The molecule has 0 saturated heterocycles. The minimum Gasteiger partial charge on any atom is -0.507 e. The second-order valence-electron chi connectivity index (χ2n) is 3.06. The van der Waals surface area contributed by atoms with Crippen molar-refractivity contribution in [2.75, 3.05) is 7.11 Å². The molecule has 0 unspecified atom stereocenters. The maximum atomic E-state index is 11.5. The van der Waals surface area contributed by atoms with Gasteiger partial charge in [-0.15, -0.1) is 0 Å². The number of aliphatic hydroxyl groups excluding tert-OH is 1. The molecule has 0 amide bonds. The van der Waals surface area contributed by atoms with Gasteiger partial charge >= 0.3 is 0 Å². The number of carbonyl (C=O) groups excluding carboxylic acids is 1. The first-order valence-electron chi connectivity index (χ1n) is 4.40. The van der Waals surface area contributed by atoms with Gasteiger partial charge < -0.3 is 9.94 Å². The van der Waals surface area contributed by atoms with Gasteiger partial charge in [0.25, 0.3) is 0 Å². The van der Waals surface area contributed by atoms with Gasteiger partial charge in [0.1, 0.15) is 12.9 Å². The smallest absolute Gasteiger partial charge is 0.211 e. The van der Waals surface area contributed by atoms with E-state index < -0.39 is 0 Å².